The van der Waals surface area contributed by atoms with E-state index >= 15 is 0 Å². The molecule has 1 heterocycles. The molecule has 0 radical (unpaired) electrons. The Labute approximate surface area is 160 Å². The summed E-state index contributed by atoms with van der Waals surface area (Å²) in [6.45, 7) is 2.55. The minimum Gasteiger partial charge on any atom is -0.444 e. The number of imidazole rings is 1. The smallest absolute Gasteiger partial charge is 0.307 e. The second-order valence-electron chi connectivity index (χ2n) is 7.42. The van der Waals surface area contributed by atoms with Gasteiger partial charge in [-0.15, -0.1) is 0 Å². The van der Waals surface area contributed by atoms with Crippen molar-refractivity contribution in [3.63, 3.8) is 0 Å². The van der Waals surface area contributed by atoms with Crippen LogP contribution in [0.25, 0.3) is 0 Å². The molecule has 4 heteroatoms. The van der Waals surface area contributed by atoms with E-state index in [0.717, 1.165) is 12.8 Å². The van der Waals surface area contributed by atoms with Gasteiger partial charge in [0.2, 0.25) is 0 Å². The van der Waals surface area contributed by atoms with Crippen LogP contribution in [0.5, 0.6) is 0 Å². The quantitative estimate of drug-likeness (QED) is 0.216. The molecule has 0 amide bonds. The van der Waals surface area contributed by atoms with Crippen molar-refractivity contribution in [2.75, 3.05) is 0 Å². The maximum atomic E-state index is 11.6. The number of unbranched alkanes of at least 4 members (excludes halogenated alkanes) is 14. The van der Waals surface area contributed by atoms with E-state index in [1.54, 1.807) is 23.3 Å². The molecule has 0 N–H and O–H groups in total. The molecule has 1 rings (SSSR count). The largest absolute Gasteiger partial charge is 0.444 e. The van der Waals surface area contributed by atoms with E-state index in [4.69, 9.17) is 4.74 Å². The van der Waals surface area contributed by atoms with Gasteiger partial charge in [0.1, 0.15) is 0 Å². The van der Waals surface area contributed by atoms with Crippen LogP contribution in [0, 0.1) is 0 Å². The third-order valence-corrected chi connectivity index (χ3v) is 4.92. The number of hydrogen-bond donors (Lipinski definition) is 0. The van der Waals surface area contributed by atoms with E-state index in [1.807, 2.05) is 0 Å². The van der Waals surface area contributed by atoms with E-state index < -0.39 is 0 Å². The third kappa shape index (κ3) is 13.9. The van der Waals surface area contributed by atoms with Crippen LogP contribution in [0.4, 0.5) is 0 Å². The van der Waals surface area contributed by atoms with E-state index in [2.05, 4.69) is 11.9 Å². The summed E-state index contributed by atoms with van der Waals surface area (Å²) in [6, 6.07) is 0. The molecule has 0 spiro atoms. The lowest BCUT2D eigenvalue weighted by Gasteiger charge is -2.05. The molecule has 26 heavy (non-hydrogen) atoms. The van der Waals surface area contributed by atoms with Crippen molar-refractivity contribution >= 4 is 5.97 Å². The molecule has 0 bridgehead atoms. The average Bonchev–Trinajstić information content (AvgIpc) is 3.17. The van der Waals surface area contributed by atoms with Gasteiger partial charge < -0.3 is 9.30 Å². The SMILES string of the molecule is CCCCCCCCCCCCCCCCCC(=O)OCn1ccnc1. The molecule has 0 saturated carbocycles. The number of carbonyl (C=O) groups excluding carboxylic acids is 1. The van der Waals surface area contributed by atoms with Gasteiger partial charge in [-0.25, -0.2) is 4.98 Å². The Hall–Kier alpha value is -1.32. The van der Waals surface area contributed by atoms with Crippen molar-refractivity contribution < 1.29 is 9.53 Å². The molecule has 0 aromatic carbocycles. The molecule has 0 aliphatic heterocycles. The molecule has 1 aromatic heterocycles. The number of hydrogen-bond acceptors (Lipinski definition) is 3. The van der Waals surface area contributed by atoms with Gasteiger partial charge in [-0.1, -0.05) is 96.8 Å². The highest BCUT2D eigenvalue weighted by molar-refractivity contribution is 5.69. The Kier molecular flexibility index (Phi) is 15.0. The molecule has 150 valence electrons. The van der Waals surface area contributed by atoms with Gasteiger partial charge in [0.15, 0.2) is 6.73 Å². The summed E-state index contributed by atoms with van der Waals surface area (Å²) in [7, 11) is 0. The second-order valence-corrected chi connectivity index (χ2v) is 7.42. The van der Waals surface area contributed by atoms with Crippen molar-refractivity contribution in [3.05, 3.63) is 18.7 Å². The zero-order chi connectivity index (χ0) is 18.7. The monoisotopic (exact) mass is 364 g/mol. The maximum Gasteiger partial charge on any atom is 0.307 e. The van der Waals surface area contributed by atoms with Crippen LogP contribution in [-0.2, 0) is 16.3 Å². The van der Waals surface area contributed by atoms with E-state index in [-0.39, 0.29) is 12.7 Å². The molecule has 0 unspecified atom stereocenters. The third-order valence-electron chi connectivity index (χ3n) is 4.92. The van der Waals surface area contributed by atoms with Gasteiger partial charge >= 0.3 is 5.97 Å². The summed E-state index contributed by atoms with van der Waals surface area (Å²) < 4.78 is 6.94. The molecule has 0 saturated heterocycles. The normalized spacial score (nSPS) is 11.0. The molecule has 0 aliphatic rings. The average molecular weight is 365 g/mol. The fraction of sp³-hybridized carbons (Fsp3) is 0.818. The number of ether oxygens (including phenoxy) is 1. The number of aromatic nitrogens is 2. The van der Waals surface area contributed by atoms with Gasteiger partial charge in [-0.3, -0.25) is 4.79 Å². The van der Waals surface area contributed by atoms with Crippen LogP contribution in [0.3, 0.4) is 0 Å². The first kappa shape index (κ1) is 22.7. The van der Waals surface area contributed by atoms with Crippen molar-refractivity contribution in [2.24, 2.45) is 0 Å². The summed E-state index contributed by atoms with van der Waals surface area (Å²) in [4.78, 5) is 15.5. The van der Waals surface area contributed by atoms with E-state index in [1.165, 1.54) is 83.5 Å². The zero-order valence-corrected chi connectivity index (χ0v) is 17.0. The Morgan fingerprint density at radius 1 is 0.808 bits per heavy atom. The van der Waals surface area contributed by atoms with Gasteiger partial charge in [0.25, 0.3) is 0 Å². The van der Waals surface area contributed by atoms with Crippen LogP contribution in [0.2, 0.25) is 0 Å². The Balaban J connectivity index is 1.73. The fourth-order valence-corrected chi connectivity index (χ4v) is 3.22. The minimum absolute atomic E-state index is 0.103. The lowest BCUT2D eigenvalue weighted by Crippen LogP contribution is -2.08. The second kappa shape index (κ2) is 17.1. The topological polar surface area (TPSA) is 44.1 Å². The molecule has 0 fully saturated rings. The number of nitrogens with zero attached hydrogens (tertiary/aromatic N) is 2. The summed E-state index contributed by atoms with van der Waals surface area (Å²) in [5.74, 6) is -0.103. The molecule has 1 aromatic rings. The number of rotatable bonds is 18. The van der Waals surface area contributed by atoms with Crippen LogP contribution >= 0.6 is 0 Å². The highest BCUT2D eigenvalue weighted by Gasteiger charge is 2.02. The first-order valence-electron chi connectivity index (χ1n) is 10.9. The maximum absolute atomic E-state index is 11.6. The van der Waals surface area contributed by atoms with Crippen molar-refractivity contribution in [1.82, 2.24) is 9.55 Å². The van der Waals surface area contributed by atoms with Gasteiger partial charge in [-0.05, 0) is 6.42 Å². The lowest BCUT2D eigenvalue weighted by molar-refractivity contribution is -0.147. The Bertz CT molecular complexity index is 418. The van der Waals surface area contributed by atoms with Crippen LogP contribution < -0.4 is 0 Å². The molecular weight excluding hydrogens is 324 g/mol. The predicted octanol–water partition coefficient (Wildman–Crippen LogP) is 6.65. The van der Waals surface area contributed by atoms with Gasteiger partial charge in [0, 0.05) is 18.8 Å². The highest BCUT2D eigenvalue weighted by Crippen LogP contribution is 2.13. The summed E-state index contributed by atoms with van der Waals surface area (Å²) in [6.07, 6.45) is 25.7. The van der Waals surface area contributed by atoms with Crippen molar-refractivity contribution in [1.29, 1.82) is 0 Å². The Morgan fingerprint density at radius 3 is 1.77 bits per heavy atom. The fourth-order valence-electron chi connectivity index (χ4n) is 3.22. The van der Waals surface area contributed by atoms with Crippen molar-refractivity contribution in [2.45, 2.75) is 116 Å². The van der Waals surface area contributed by atoms with Crippen LogP contribution in [0.1, 0.15) is 110 Å². The Morgan fingerprint density at radius 2 is 1.31 bits per heavy atom. The van der Waals surface area contributed by atoms with Crippen LogP contribution in [-0.4, -0.2) is 15.5 Å². The summed E-state index contributed by atoms with van der Waals surface area (Å²) in [5.41, 5.74) is 0. The van der Waals surface area contributed by atoms with Gasteiger partial charge in [-0.2, -0.15) is 0 Å². The van der Waals surface area contributed by atoms with E-state index in [9.17, 15) is 4.79 Å². The lowest BCUT2D eigenvalue weighted by atomic mass is 10.0. The van der Waals surface area contributed by atoms with E-state index in [0.29, 0.717) is 6.42 Å². The molecule has 4 nitrogen and oxygen atoms in total. The summed E-state index contributed by atoms with van der Waals surface area (Å²) in [5, 5.41) is 0. The van der Waals surface area contributed by atoms with Crippen molar-refractivity contribution in [3.8, 4) is 0 Å². The zero-order valence-electron chi connectivity index (χ0n) is 17.0. The first-order chi connectivity index (χ1) is 12.8. The first-order valence-corrected chi connectivity index (χ1v) is 10.9. The van der Waals surface area contributed by atoms with Gasteiger partial charge in [0.05, 0.1) is 6.33 Å². The highest BCUT2D eigenvalue weighted by atomic mass is 16.5. The molecular formula is C22H40N2O2. The predicted molar refractivity (Wildman–Crippen MR) is 108 cm³/mol. The molecule has 0 atom stereocenters. The number of carbonyl (C=O) groups is 1. The number of esters is 1. The summed E-state index contributed by atoms with van der Waals surface area (Å²) >= 11 is 0. The molecule has 0 aliphatic carbocycles. The standard InChI is InChI=1S/C22H40N2O2/c1-2-3-4-5-6-7-8-9-10-11-12-13-14-15-16-17-22(25)26-21-24-19-18-23-20-24/h18-20H,2-17,21H2,1H3. The van der Waals surface area contributed by atoms with Crippen LogP contribution in [0.15, 0.2) is 18.7 Å². The minimum atomic E-state index is -0.103.